The first-order chi connectivity index (χ1) is 17.1. The van der Waals surface area contributed by atoms with Gasteiger partial charge in [-0.1, -0.05) is 47.5 Å². The maximum absolute atomic E-state index is 12.8. The van der Waals surface area contributed by atoms with E-state index >= 15 is 0 Å². The van der Waals surface area contributed by atoms with Gasteiger partial charge in [-0.05, 0) is 48.0 Å². The number of alkyl halides is 3. The monoisotopic (exact) mass is 537 g/mol. The normalized spacial score (nSPS) is 11.4. The minimum absolute atomic E-state index is 0.00858. The van der Waals surface area contributed by atoms with Crippen molar-refractivity contribution in [1.29, 1.82) is 0 Å². The molecule has 188 valence electrons. The van der Waals surface area contributed by atoms with Gasteiger partial charge < -0.3 is 10.1 Å². The topological polar surface area (TPSA) is 79.8 Å². The maximum atomic E-state index is 12.8. The van der Waals surface area contributed by atoms with Crippen molar-refractivity contribution in [3.8, 4) is 5.75 Å². The summed E-state index contributed by atoms with van der Waals surface area (Å²) in [5.41, 5.74) is 2.83. The predicted molar refractivity (Wildman–Crippen MR) is 132 cm³/mol. The zero-order valence-corrected chi connectivity index (χ0v) is 20.1. The van der Waals surface area contributed by atoms with Crippen LogP contribution < -0.4 is 15.5 Å². The Hall–Kier alpha value is -3.56. The number of benzene rings is 3. The summed E-state index contributed by atoms with van der Waals surface area (Å²) in [7, 11) is 0. The van der Waals surface area contributed by atoms with Crippen LogP contribution in [0.5, 0.6) is 5.75 Å². The van der Waals surface area contributed by atoms with Crippen molar-refractivity contribution in [2.24, 2.45) is 5.10 Å². The molecule has 0 radical (unpaired) electrons. The number of amides is 2. The predicted octanol–water partition coefficient (Wildman–Crippen LogP) is 6.46. The Morgan fingerprint density at radius 2 is 1.67 bits per heavy atom. The van der Waals surface area contributed by atoms with Crippen LogP contribution in [0.4, 0.5) is 18.9 Å². The van der Waals surface area contributed by atoms with E-state index in [1.165, 1.54) is 18.3 Å². The number of anilines is 1. The highest BCUT2D eigenvalue weighted by molar-refractivity contribution is 6.42. The molecule has 6 nitrogen and oxygen atoms in total. The second-order valence-corrected chi connectivity index (χ2v) is 8.31. The smallest absolute Gasteiger partial charge is 0.416 e. The Morgan fingerprint density at radius 1 is 0.917 bits per heavy atom. The highest BCUT2D eigenvalue weighted by atomic mass is 35.5. The molecular weight excluding hydrogens is 518 g/mol. The molecule has 0 heterocycles. The lowest BCUT2D eigenvalue weighted by Crippen LogP contribution is -2.20. The van der Waals surface area contributed by atoms with Gasteiger partial charge in [0.05, 0.1) is 21.8 Å². The SMILES string of the molecule is O=C(CCC(=O)Nc1cccc(C(F)(F)F)c1)NN=Cc1ccccc1OCc1ccc(Cl)c(Cl)c1. The number of hydrogen-bond acceptors (Lipinski definition) is 4. The average Bonchev–Trinajstić information content (AvgIpc) is 2.84. The van der Waals surface area contributed by atoms with Gasteiger partial charge >= 0.3 is 6.18 Å². The molecule has 0 aliphatic carbocycles. The van der Waals surface area contributed by atoms with Crippen LogP contribution in [-0.4, -0.2) is 18.0 Å². The van der Waals surface area contributed by atoms with Crippen molar-refractivity contribution < 1.29 is 27.5 Å². The molecule has 0 fully saturated rings. The number of para-hydroxylation sites is 1. The first-order valence-corrected chi connectivity index (χ1v) is 11.3. The molecule has 0 aliphatic rings. The number of nitrogens with zero attached hydrogens (tertiary/aromatic N) is 1. The van der Waals surface area contributed by atoms with Crippen LogP contribution in [0.2, 0.25) is 10.0 Å². The Bertz CT molecular complexity index is 1270. The molecule has 0 atom stereocenters. The van der Waals surface area contributed by atoms with E-state index in [9.17, 15) is 22.8 Å². The number of hydrogen-bond donors (Lipinski definition) is 2. The highest BCUT2D eigenvalue weighted by Gasteiger charge is 2.30. The molecular formula is C25H20Cl2F3N3O3. The number of carbonyl (C=O) groups excluding carboxylic acids is 2. The summed E-state index contributed by atoms with van der Waals surface area (Å²) >= 11 is 11.9. The van der Waals surface area contributed by atoms with Crippen molar-refractivity contribution in [3.63, 3.8) is 0 Å². The first kappa shape index (κ1) is 27.0. The number of hydrazone groups is 1. The van der Waals surface area contributed by atoms with Crippen molar-refractivity contribution in [3.05, 3.63) is 93.5 Å². The molecule has 3 rings (SSSR count). The molecule has 0 saturated heterocycles. The summed E-state index contributed by atoms with van der Waals surface area (Å²) in [6, 6.07) is 16.4. The van der Waals surface area contributed by atoms with E-state index in [1.807, 2.05) is 0 Å². The molecule has 0 saturated carbocycles. The molecule has 3 aromatic carbocycles. The van der Waals surface area contributed by atoms with E-state index in [2.05, 4.69) is 15.8 Å². The summed E-state index contributed by atoms with van der Waals surface area (Å²) in [5, 5.41) is 7.08. The van der Waals surface area contributed by atoms with Crippen LogP contribution in [0.15, 0.2) is 71.8 Å². The van der Waals surface area contributed by atoms with E-state index in [1.54, 1.807) is 42.5 Å². The zero-order valence-electron chi connectivity index (χ0n) is 18.6. The summed E-state index contributed by atoms with van der Waals surface area (Å²) in [6.07, 6.45) is -3.57. The zero-order chi connectivity index (χ0) is 26.1. The molecule has 0 aliphatic heterocycles. The van der Waals surface area contributed by atoms with Crippen LogP contribution in [-0.2, 0) is 22.4 Å². The second kappa shape index (κ2) is 12.4. The van der Waals surface area contributed by atoms with E-state index in [-0.39, 0.29) is 25.1 Å². The summed E-state index contributed by atoms with van der Waals surface area (Å²) < 4.78 is 44.1. The largest absolute Gasteiger partial charge is 0.488 e. The lowest BCUT2D eigenvalue weighted by atomic mass is 10.2. The van der Waals surface area contributed by atoms with Gasteiger partial charge in [0.1, 0.15) is 12.4 Å². The van der Waals surface area contributed by atoms with Crippen molar-refractivity contribution in [2.45, 2.75) is 25.6 Å². The second-order valence-electron chi connectivity index (χ2n) is 7.49. The molecule has 3 aromatic rings. The number of ether oxygens (including phenoxy) is 1. The third-order valence-corrected chi connectivity index (χ3v) is 5.48. The average molecular weight is 538 g/mol. The summed E-state index contributed by atoms with van der Waals surface area (Å²) in [6.45, 7) is 0.231. The highest BCUT2D eigenvalue weighted by Crippen LogP contribution is 2.30. The maximum Gasteiger partial charge on any atom is 0.416 e. The third kappa shape index (κ3) is 8.28. The van der Waals surface area contributed by atoms with Crippen LogP contribution in [0.25, 0.3) is 0 Å². The fraction of sp³-hybridized carbons (Fsp3) is 0.160. The molecule has 2 amide bonds. The fourth-order valence-electron chi connectivity index (χ4n) is 2.96. The van der Waals surface area contributed by atoms with Gasteiger partial charge in [-0.25, -0.2) is 5.43 Å². The van der Waals surface area contributed by atoms with Crippen LogP contribution in [0, 0.1) is 0 Å². The minimum atomic E-state index is -4.52. The standard InChI is InChI=1S/C25H20Cl2F3N3O3/c26-20-9-8-16(12-21(20)27)15-36-22-7-2-1-4-17(22)14-31-33-24(35)11-10-23(34)32-19-6-3-5-18(13-19)25(28,29)30/h1-9,12-14H,10-11,15H2,(H,32,34)(H,33,35). The van der Waals surface area contributed by atoms with Crippen LogP contribution in [0.3, 0.4) is 0 Å². The molecule has 2 N–H and O–H groups in total. The summed E-state index contributed by atoms with van der Waals surface area (Å²) in [4.78, 5) is 24.0. The summed E-state index contributed by atoms with van der Waals surface area (Å²) in [5.74, 6) is -0.629. The molecule has 0 unspecified atom stereocenters. The Morgan fingerprint density at radius 3 is 2.42 bits per heavy atom. The fourth-order valence-corrected chi connectivity index (χ4v) is 3.28. The van der Waals surface area contributed by atoms with Gasteiger partial charge in [0.15, 0.2) is 0 Å². The van der Waals surface area contributed by atoms with Crippen LogP contribution in [0.1, 0.15) is 29.5 Å². The number of rotatable bonds is 9. The number of carbonyl (C=O) groups is 2. The molecule has 0 aromatic heterocycles. The molecule has 11 heteroatoms. The van der Waals surface area contributed by atoms with Gasteiger partial charge in [0.25, 0.3) is 0 Å². The third-order valence-electron chi connectivity index (χ3n) is 4.74. The van der Waals surface area contributed by atoms with E-state index in [4.69, 9.17) is 27.9 Å². The van der Waals surface area contributed by atoms with Gasteiger partial charge in [-0.2, -0.15) is 18.3 Å². The van der Waals surface area contributed by atoms with Crippen molar-refractivity contribution in [1.82, 2.24) is 5.43 Å². The van der Waals surface area contributed by atoms with E-state index in [0.29, 0.717) is 21.4 Å². The Labute approximate surface area is 215 Å². The first-order valence-electron chi connectivity index (χ1n) is 10.6. The van der Waals surface area contributed by atoms with Gasteiger partial charge in [-0.3, -0.25) is 9.59 Å². The van der Waals surface area contributed by atoms with Crippen molar-refractivity contribution >= 4 is 46.9 Å². The van der Waals surface area contributed by atoms with Crippen molar-refractivity contribution in [2.75, 3.05) is 5.32 Å². The quantitative estimate of drug-likeness (QED) is 0.243. The van der Waals surface area contributed by atoms with E-state index in [0.717, 1.165) is 17.7 Å². The molecule has 36 heavy (non-hydrogen) atoms. The molecule has 0 spiro atoms. The van der Waals surface area contributed by atoms with Gasteiger partial charge in [0.2, 0.25) is 11.8 Å². The number of nitrogens with one attached hydrogen (secondary N) is 2. The van der Waals surface area contributed by atoms with E-state index < -0.39 is 23.6 Å². The van der Waals surface area contributed by atoms with Gasteiger partial charge in [0, 0.05) is 24.1 Å². The lowest BCUT2D eigenvalue weighted by Gasteiger charge is -2.10. The van der Waals surface area contributed by atoms with Gasteiger partial charge in [-0.15, -0.1) is 0 Å². The molecule has 0 bridgehead atoms. The minimum Gasteiger partial charge on any atom is -0.488 e. The van der Waals surface area contributed by atoms with Crippen LogP contribution >= 0.6 is 23.2 Å². The Balaban J connectivity index is 1.48. The lowest BCUT2D eigenvalue weighted by molar-refractivity contribution is -0.137. The number of halogens is 5. The Kier molecular flexibility index (Phi) is 9.32.